The molecule has 2 aliphatic heterocycles. The van der Waals surface area contributed by atoms with Crippen molar-refractivity contribution in [3.05, 3.63) is 77.3 Å². The minimum absolute atomic E-state index is 0.118. The first-order valence-electron chi connectivity index (χ1n) is 16.1. The van der Waals surface area contributed by atoms with Gasteiger partial charge in [-0.05, 0) is 48.1 Å². The molecule has 0 unspecified atom stereocenters. The van der Waals surface area contributed by atoms with Gasteiger partial charge in [0, 0.05) is 53.9 Å². The summed E-state index contributed by atoms with van der Waals surface area (Å²) in [5.74, 6) is -1.10. The highest BCUT2D eigenvalue weighted by molar-refractivity contribution is 5.87. The van der Waals surface area contributed by atoms with Gasteiger partial charge in [0.1, 0.15) is 18.5 Å². The van der Waals surface area contributed by atoms with Crippen LogP contribution in [-0.2, 0) is 33.3 Å². The Bertz CT molecular complexity index is 1540. The van der Waals surface area contributed by atoms with Gasteiger partial charge >= 0.3 is 11.9 Å². The van der Waals surface area contributed by atoms with E-state index in [0.717, 1.165) is 23.8 Å². The first-order valence-corrected chi connectivity index (χ1v) is 16.1. The van der Waals surface area contributed by atoms with Gasteiger partial charge in [-0.1, -0.05) is 56.7 Å². The van der Waals surface area contributed by atoms with E-state index in [1.165, 1.54) is 24.1 Å². The molecule has 8 heteroatoms. The van der Waals surface area contributed by atoms with E-state index in [0.29, 0.717) is 13.0 Å². The van der Waals surface area contributed by atoms with Crippen molar-refractivity contribution in [3.63, 3.8) is 0 Å². The quantitative estimate of drug-likeness (QED) is 0.161. The smallest absolute Gasteiger partial charge is 0.331 e. The fourth-order valence-electron chi connectivity index (χ4n) is 10.5. The van der Waals surface area contributed by atoms with Crippen molar-refractivity contribution in [2.45, 2.75) is 90.3 Å². The second kappa shape index (κ2) is 10.8. The Labute approximate surface area is 264 Å². The predicted octanol–water partition coefficient (Wildman–Crippen LogP) is 6.06. The van der Waals surface area contributed by atoms with Crippen LogP contribution in [0.25, 0.3) is 6.08 Å². The lowest BCUT2D eigenvalue weighted by atomic mass is 9.40. The molecule has 0 radical (unpaired) electrons. The molecule has 7 rings (SSSR count). The normalized spacial score (nSPS) is 41.4. The van der Waals surface area contributed by atoms with Crippen molar-refractivity contribution >= 4 is 24.3 Å². The highest BCUT2D eigenvalue weighted by Crippen LogP contribution is 2.73. The minimum atomic E-state index is -0.686. The molecule has 0 spiro atoms. The zero-order valence-corrected chi connectivity index (χ0v) is 26.6. The van der Waals surface area contributed by atoms with Gasteiger partial charge in [0.2, 0.25) is 0 Å². The molecule has 45 heavy (non-hydrogen) atoms. The van der Waals surface area contributed by atoms with Crippen LogP contribution in [0.1, 0.15) is 70.9 Å². The van der Waals surface area contributed by atoms with Crippen molar-refractivity contribution in [2.24, 2.45) is 28.1 Å². The number of rotatable bonds is 7. The van der Waals surface area contributed by atoms with Crippen LogP contribution in [0.15, 0.2) is 70.6 Å². The number of carbonyl (C=O) groups excluding carboxylic acids is 3. The molecule has 0 N–H and O–H groups in total. The number of hydrogen-bond acceptors (Lipinski definition) is 8. The molecule has 0 amide bonds. The third-order valence-electron chi connectivity index (χ3n) is 12.2. The Morgan fingerprint density at radius 3 is 2.51 bits per heavy atom. The number of carbonyl (C=O) groups is 3. The Balaban J connectivity index is 1.34. The topological polar surface area (TPSA) is 101 Å². The zero-order chi connectivity index (χ0) is 31.7. The highest BCUT2D eigenvalue weighted by Gasteiger charge is 2.78. The summed E-state index contributed by atoms with van der Waals surface area (Å²) in [6.07, 6.45) is 7.19. The lowest BCUT2D eigenvalue weighted by molar-refractivity contribution is -0.249. The van der Waals surface area contributed by atoms with Crippen LogP contribution in [0.5, 0.6) is 0 Å². The van der Waals surface area contributed by atoms with E-state index in [1.54, 1.807) is 18.6 Å². The summed E-state index contributed by atoms with van der Waals surface area (Å²) in [6.45, 7) is 10.5. The number of benzene rings is 1. The molecule has 2 saturated heterocycles. The van der Waals surface area contributed by atoms with Gasteiger partial charge in [0.15, 0.2) is 0 Å². The molecule has 1 aromatic carbocycles. The molecule has 0 bridgehead atoms. The lowest BCUT2D eigenvalue weighted by Crippen LogP contribution is -2.70. The number of esters is 2. The number of ether oxygens (including phenoxy) is 4. The minimum Gasteiger partial charge on any atom is -0.472 e. The Morgan fingerprint density at radius 2 is 1.82 bits per heavy atom. The molecule has 2 aromatic rings. The third-order valence-corrected chi connectivity index (χ3v) is 12.2. The predicted molar refractivity (Wildman–Crippen MR) is 165 cm³/mol. The molecule has 3 heterocycles. The lowest BCUT2D eigenvalue weighted by Gasteiger charge is -2.65. The molecule has 2 saturated carbocycles. The number of hydrogen-bond donors (Lipinski definition) is 0. The molecule has 238 valence electrons. The van der Waals surface area contributed by atoms with E-state index in [9.17, 15) is 14.4 Å². The Morgan fingerprint density at radius 1 is 1.04 bits per heavy atom. The Kier molecular flexibility index (Phi) is 7.24. The third kappa shape index (κ3) is 4.35. The number of allylic oxidation sites excluding steroid dienone is 1. The maximum atomic E-state index is 13.5. The molecule has 8 nitrogen and oxygen atoms in total. The molecule has 4 fully saturated rings. The van der Waals surface area contributed by atoms with Gasteiger partial charge in [-0.3, -0.25) is 4.79 Å². The second-order valence-electron chi connectivity index (χ2n) is 14.4. The molecule has 3 aliphatic carbocycles. The fourth-order valence-corrected chi connectivity index (χ4v) is 10.5. The van der Waals surface area contributed by atoms with Gasteiger partial charge < -0.3 is 28.2 Å². The highest BCUT2D eigenvalue weighted by atomic mass is 16.6. The number of fused-ring (bicyclic) bond motifs is 4. The average molecular weight is 615 g/mol. The summed E-state index contributed by atoms with van der Waals surface area (Å²) >= 11 is 0. The van der Waals surface area contributed by atoms with Crippen LogP contribution in [-0.4, -0.2) is 55.4 Å². The van der Waals surface area contributed by atoms with Crippen LogP contribution >= 0.6 is 0 Å². The van der Waals surface area contributed by atoms with Crippen molar-refractivity contribution in [3.8, 4) is 0 Å². The van der Waals surface area contributed by atoms with Crippen LogP contribution in [0.3, 0.4) is 0 Å². The summed E-state index contributed by atoms with van der Waals surface area (Å²) in [4.78, 5) is 38.5. The van der Waals surface area contributed by atoms with E-state index in [-0.39, 0.29) is 48.5 Å². The first kappa shape index (κ1) is 30.2. The fraction of sp³-hybridized carbons (Fsp3) is 0.541. The summed E-state index contributed by atoms with van der Waals surface area (Å²) in [7, 11) is 0. The summed E-state index contributed by atoms with van der Waals surface area (Å²) in [5, 5.41) is 0. The van der Waals surface area contributed by atoms with Crippen molar-refractivity contribution in [1.82, 2.24) is 0 Å². The van der Waals surface area contributed by atoms with E-state index >= 15 is 0 Å². The summed E-state index contributed by atoms with van der Waals surface area (Å²) in [5.41, 5.74) is 2.70. The van der Waals surface area contributed by atoms with E-state index in [1.807, 2.05) is 36.4 Å². The van der Waals surface area contributed by atoms with Crippen molar-refractivity contribution < 1.29 is 37.7 Å². The van der Waals surface area contributed by atoms with Crippen LogP contribution < -0.4 is 0 Å². The largest absolute Gasteiger partial charge is 0.472 e. The Hall–Kier alpha value is -3.49. The monoisotopic (exact) mass is 614 g/mol. The van der Waals surface area contributed by atoms with Gasteiger partial charge in [0.05, 0.1) is 37.4 Å². The van der Waals surface area contributed by atoms with Crippen molar-refractivity contribution in [2.75, 3.05) is 6.61 Å². The van der Waals surface area contributed by atoms with Crippen LogP contribution in [0.4, 0.5) is 0 Å². The summed E-state index contributed by atoms with van der Waals surface area (Å²) < 4.78 is 31.5. The van der Waals surface area contributed by atoms with E-state index in [4.69, 9.17) is 23.4 Å². The van der Waals surface area contributed by atoms with Gasteiger partial charge in [0.25, 0.3) is 0 Å². The maximum absolute atomic E-state index is 13.5. The maximum Gasteiger partial charge on any atom is 0.331 e. The molecular weight excluding hydrogens is 572 g/mol. The number of furan rings is 1. The van der Waals surface area contributed by atoms with E-state index in [2.05, 4.69) is 27.7 Å². The van der Waals surface area contributed by atoms with Crippen LogP contribution in [0, 0.1) is 28.1 Å². The molecule has 11 atom stereocenters. The molecule has 5 aliphatic rings. The van der Waals surface area contributed by atoms with Crippen molar-refractivity contribution in [1.29, 1.82) is 0 Å². The van der Waals surface area contributed by atoms with Gasteiger partial charge in [-0.15, -0.1) is 0 Å². The first-order chi connectivity index (χ1) is 21.5. The average Bonchev–Trinajstić information content (AvgIpc) is 3.78. The second-order valence-corrected chi connectivity index (χ2v) is 14.4. The zero-order valence-electron chi connectivity index (χ0n) is 26.6. The van der Waals surface area contributed by atoms with Gasteiger partial charge in [-0.25, -0.2) is 4.79 Å². The van der Waals surface area contributed by atoms with Gasteiger partial charge in [-0.2, -0.15) is 0 Å². The summed E-state index contributed by atoms with van der Waals surface area (Å²) in [6, 6.07) is 11.6. The molecular formula is C37H42O8. The molecule has 1 aromatic heterocycles. The number of aldehydes is 1. The SMILES string of the molecule is CC(=O)O[C@@H]1C[C@H](OC(=O)C=Cc2ccccc2)[C@@]2(C)[C@H]3[C@@H](OC[C@]13C)[C@H]1O[C@@H]3C[C@@H](c4ccoc4)C(C)=C3[C@@]1(C)[C@@H]2CC=O. The standard InChI is InChI=1S/C37H42O8/c1-21-25(24-14-16-41-19-24)17-26-31(21)37(5)27(13-15-38)36(4)29(45-30(40)12-11-23-9-7-6-8-10-23)18-28(43-22(2)39)35(3)20-42-32(33(35)36)34(37)44-26/h6-12,14-16,19,25-29,32-34H,13,17-18,20H2,1-5H3/t25-,26-,27-,28-,29+,32-,33+,34-,35-,36+,37-/m1/s1. The van der Waals surface area contributed by atoms with E-state index < -0.39 is 34.4 Å². The van der Waals surface area contributed by atoms with Crippen LogP contribution in [0.2, 0.25) is 0 Å².